The van der Waals surface area contributed by atoms with Crippen molar-refractivity contribution >= 4 is 21.4 Å². The van der Waals surface area contributed by atoms with Crippen molar-refractivity contribution in [3.8, 4) is 0 Å². The van der Waals surface area contributed by atoms with Crippen molar-refractivity contribution in [1.82, 2.24) is 14.7 Å². The molecule has 2 heterocycles. The van der Waals surface area contributed by atoms with Crippen LogP contribution in [0.15, 0.2) is 28.7 Å². The summed E-state index contributed by atoms with van der Waals surface area (Å²) in [6.07, 6.45) is 1.31. The predicted molar refractivity (Wildman–Crippen MR) is 61.7 cm³/mol. The number of rotatable bonds is 4. The van der Waals surface area contributed by atoms with Gasteiger partial charge in [-0.05, 0) is 18.4 Å². The number of thiophene rings is 1. The molecule has 0 aliphatic rings. The van der Waals surface area contributed by atoms with Crippen LogP contribution in [0.25, 0.3) is 0 Å². The van der Waals surface area contributed by atoms with E-state index in [-0.39, 0.29) is 5.03 Å². The minimum absolute atomic E-state index is 0.0987. The van der Waals surface area contributed by atoms with Crippen LogP contribution in [0.1, 0.15) is 10.7 Å². The first kappa shape index (κ1) is 11.3. The highest BCUT2D eigenvalue weighted by atomic mass is 32.2. The first-order valence-corrected chi connectivity index (χ1v) is 6.98. The molecule has 2 rings (SSSR count). The van der Waals surface area contributed by atoms with Crippen molar-refractivity contribution in [3.05, 3.63) is 34.4 Å². The van der Waals surface area contributed by atoms with E-state index in [0.717, 1.165) is 4.88 Å². The highest BCUT2D eigenvalue weighted by Gasteiger charge is 2.15. The van der Waals surface area contributed by atoms with Gasteiger partial charge in [0.05, 0.1) is 6.20 Å². The lowest BCUT2D eigenvalue weighted by molar-refractivity contribution is 0.578. The molecule has 0 aliphatic carbocycles. The molecule has 0 unspecified atom stereocenters. The number of aromatic nitrogens is 2. The summed E-state index contributed by atoms with van der Waals surface area (Å²) in [4.78, 5) is 7.52. The van der Waals surface area contributed by atoms with Crippen molar-refractivity contribution in [1.29, 1.82) is 0 Å². The topological polar surface area (TPSA) is 74.8 Å². The smallest absolute Gasteiger partial charge is 0.257 e. The zero-order valence-electron chi connectivity index (χ0n) is 8.60. The SMILES string of the molecule is Cc1ncc(S(=O)(=O)NCc2cccs2)[nH]1. The Bertz CT molecular complexity index is 557. The molecule has 0 atom stereocenters. The van der Waals surface area contributed by atoms with Gasteiger partial charge in [0.15, 0.2) is 5.03 Å². The van der Waals surface area contributed by atoms with Gasteiger partial charge in [-0.1, -0.05) is 6.07 Å². The molecule has 0 radical (unpaired) electrons. The molecule has 16 heavy (non-hydrogen) atoms. The molecule has 0 saturated heterocycles. The number of H-pyrrole nitrogens is 1. The number of aryl methyl sites for hydroxylation is 1. The van der Waals surface area contributed by atoms with Gasteiger partial charge in [-0.25, -0.2) is 18.1 Å². The second kappa shape index (κ2) is 4.36. The molecule has 5 nitrogen and oxygen atoms in total. The Balaban J connectivity index is 2.09. The van der Waals surface area contributed by atoms with Gasteiger partial charge in [-0.15, -0.1) is 11.3 Å². The van der Waals surface area contributed by atoms with Gasteiger partial charge in [-0.3, -0.25) is 0 Å². The maximum Gasteiger partial charge on any atom is 0.257 e. The third kappa shape index (κ3) is 2.49. The quantitative estimate of drug-likeness (QED) is 0.865. The van der Waals surface area contributed by atoms with Crippen LogP contribution in [0.4, 0.5) is 0 Å². The molecule has 0 aliphatic heterocycles. The van der Waals surface area contributed by atoms with Crippen LogP contribution in [-0.4, -0.2) is 18.4 Å². The molecular weight excluding hydrogens is 246 g/mol. The van der Waals surface area contributed by atoms with Crippen LogP contribution in [0.2, 0.25) is 0 Å². The molecule has 0 aromatic carbocycles. The molecule has 0 saturated carbocycles. The largest absolute Gasteiger partial charge is 0.332 e. The monoisotopic (exact) mass is 257 g/mol. The van der Waals surface area contributed by atoms with Crippen LogP contribution < -0.4 is 4.72 Å². The lowest BCUT2D eigenvalue weighted by Gasteiger charge is -2.02. The number of hydrogen-bond donors (Lipinski definition) is 2. The fraction of sp³-hybridized carbons (Fsp3) is 0.222. The molecule has 0 spiro atoms. The van der Waals surface area contributed by atoms with Gasteiger partial charge in [-0.2, -0.15) is 0 Å². The summed E-state index contributed by atoms with van der Waals surface area (Å²) in [5.41, 5.74) is 0. The van der Waals surface area contributed by atoms with E-state index in [1.54, 1.807) is 6.92 Å². The fourth-order valence-corrected chi connectivity index (χ4v) is 2.90. The number of aromatic amines is 1. The molecule has 2 aromatic heterocycles. The van der Waals surface area contributed by atoms with Crippen LogP contribution in [0, 0.1) is 6.92 Å². The average molecular weight is 257 g/mol. The molecule has 0 fully saturated rings. The Kier molecular flexibility index (Phi) is 3.08. The summed E-state index contributed by atoms with van der Waals surface area (Å²) in [6, 6.07) is 3.76. The van der Waals surface area contributed by atoms with Gasteiger partial charge in [0.1, 0.15) is 5.82 Å². The highest BCUT2D eigenvalue weighted by molar-refractivity contribution is 7.89. The zero-order chi connectivity index (χ0) is 11.6. The van der Waals surface area contributed by atoms with E-state index in [9.17, 15) is 8.42 Å². The number of sulfonamides is 1. The zero-order valence-corrected chi connectivity index (χ0v) is 10.2. The van der Waals surface area contributed by atoms with Gasteiger partial charge < -0.3 is 4.98 Å². The Morgan fingerprint density at radius 1 is 1.56 bits per heavy atom. The number of nitrogens with one attached hydrogen (secondary N) is 2. The molecule has 2 aromatic rings. The van der Waals surface area contributed by atoms with E-state index in [4.69, 9.17) is 0 Å². The van der Waals surface area contributed by atoms with Crippen LogP contribution in [-0.2, 0) is 16.6 Å². The van der Waals surface area contributed by atoms with E-state index in [1.165, 1.54) is 17.5 Å². The van der Waals surface area contributed by atoms with Crippen LogP contribution in [0.5, 0.6) is 0 Å². The van der Waals surface area contributed by atoms with Crippen molar-refractivity contribution < 1.29 is 8.42 Å². The first-order valence-electron chi connectivity index (χ1n) is 4.61. The summed E-state index contributed by atoms with van der Waals surface area (Å²) in [7, 11) is -3.48. The maximum absolute atomic E-state index is 11.8. The Morgan fingerprint density at radius 3 is 2.94 bits per heavy atom. The van der Waals surface area contributed by atoms with E-state index < -0.39 is 10.0 Å². The minimum atomic E-state index is -3.48. The predicted octanol–water partition coefficient (Wildman–Crippen LogP) is 1.26. The molecular formula is C9H11N3O2S2. The summed E-state index contributed by atoms with van der Waals surface area (Å²) in [6.45, 7) is 2.01. The average Bonchev–Trinajstić information content (AvgIpc) is 2.85. The first-order chi connectivity index (χ1) is 7.58. The fourth-order valence-electron chi connectivity index (χ4n) is 1.19. The van der Waals surface area contributed by atoms with Gasteiger partial charge >= 0.3 is 0 Å². The van der Waals surface area contributed by atoms with E-state index >= 15 is 0 Å². The van der Waals surface area contributed by atoms with Crippen molar-refractivity contribution in [2.24, 2.45) is 0 Å². The lowest BCUT2D eigenvalue weighted by atomic mass is 10.5. The van der Waals surface area contributed by atoms with E-state index in [0.29, 0.717) is 12.4 Å². The Morgan fingerprint density at radius 2 is 2.38 bits per heavy atom. The molecule has 86 valence electrons. The van der Waals surface area contributed by atoms with Gasteiger partial charge in [0, 0.05) is 11.4 Å². The summed E-state index contributed by atoms with van der Waals surface area (Å²) in [5, 5.41) is 2.01. The maximum atomic E-state index is 11.8. The lowest BCUT2D eigenvalue weighted by Crippen LogP contribution is -2.23. The second-order valence-electron chi connectivity index (χ2n) is 3.24. The number of hydrogen-bond acceptors (Lipinski definition) is 4. The van der Waals surface area contributed by atoms with Crippen molar-refractivity contribution in [2.45, 2.75) is 18.5 Å². The second-order valence-corrected chi connectivity index (χ2v) is 6.00. The summed E-state index contributed by atoms with van der Waals surface area (Å²) >= 11 is 1.51. The number of nitrogens with zero attached hydrogens (tertiary/aromatic N) is 1. The Hall–Kier alpha value is -1.18. The van der Waals surface area contributed by atoms with Gasteiger partial charge in [0.2, 0.25) is 0 Å². The normalized spacial score (nSPS) is 11.8. The third-order valence-electron chi connectivity index (χ3n) is 1.99. The highest BCUT2D eigenvalue weighted by Crippen LogP contribution is 2.10. The molecule has 7 heteroatoms. The van der Waals surface area contributed by atoms with Crippen LogP contribution >= 0.6 is 11.3 Å². The van der Waals surface area contributed by atoms with E-state index in [1.807, 2.05) is 17.5 Å². The standard InChI is InChI=1S/C9H11N3O2S2/c1-7-10-6-9(12-7)16(13,14)11-5-8-3-2-4-15-8/h2-4,6,11H,5H2,1H3,(H,10,12). The van der Waals surface area contributed by atoms with Crippen molar-refractivity contribution in [2.75, 3.05) is 0 Å². The van der Waals surface area contributed by atoms with Crippen LogP contribution in [0.3, 0.4) is 0 Å². The molecule has 0 bridgehead atoms. The molecule has 2 N–H and O–H groups in total. The third-order valence-corrected chi connectivity index (χ3v) is 4.17. The summed E-state index contributed by atoms with van der Waals surface area (Å²) in [5.74, 6) is 0.580. The van der Waals surface area contributed by atoms with Crippen molar-refractivity contribution in [3.63, 3.8) is 0 Å². The minimum Gasteiger partial charge on any atom is -0.332 e. The van der Waals surface area contributed by atoms with Gasteiger partial charge in [0.25, 0.3) is 10.0 Å². The molecule has 0 amide bonds. The number of imidazole rings is 1. The summed E-state index contributed by atoms with van der Waals surface area (Å²) < 4.78 is 26.0. The Labute approximate surface area is 97.6 Å². The van der Waals surface area contributed by atoms with E-state index in [2.05, 4.69) is 14.7 Å².